The van der Waals surface area contributed by atoms with Crippen LogP contribution in [0.5, 0.6) is 0 Å². The summed E-state index contributed by atoms with van der Waals surface area (Å²) in [6.45, 7) is 0. The van der Waals surface area contributed by atoms with Crippen LogP contribution in [-0.2, 0) is 11.5 Å². The predicted molar refractivity (Wildman–Crippen MR) is 17.5 cm³/mol. The summed E-state index contributed by atoms with van der Waals surface area (Å²) in [5.41, 5.74) is 0. The quantitative estimate of drug-likeness (QED) is 0.421. The Kier molecular flexibility index (Phi) is 6.20. The van der Waals surface area contributed by atoms with Crippen LogP contribution < -0.4 is 29.6 Å². The molecule has 6 heteroatoms. The van der Waals surface area contributed by atoms with Crippen molar-refractivity contribution in [3.05, 3.63) is 0 Å². The van der Waals surface area contributed by atoms with E-state index in [1.54, 1.807) is 0 Å². The van der Waals surface area contributed by atoms with Gasteiger partial charge in [0.1, 0.15) is 0 Å². The largest absolute Gasteiger partial charge is 1.00 e. The van der Waals surface area contributed by atoms with Crippen molar-refractivity contribution in [2.45, 2.75) is 0 Å². The fourth-order valence-electron chi connectivity index (χ4n) is 0. The van der Waals surface area contributed by atoms with E-state index in [0.29, 0.717) is 0 Å². The van der Waals surface area contributed by atoms with Gasteiger partial charge in [-0.25, -0.2) is 0 Å². The Balaban J connectivity index is -0.000000125. The Bertz CT molecular complexity index is 118. The van der Waals surface area contributed by atoms with Gasteiger partial charge in [0.2, 0.25) is 0 Å². The van der Waals surface area contributed by atoms with E-state index in [2.05, 4.69) is 3.82 Å². The second kappa shape index (κ2) is 3.97. The molecule has 0 rings (SSSR count). The minimum absolute atomic E-state index is 0. The van der Waals surface area contributed by atoms with Gasteiger partial charge in [0, 0.05) is 0 Å². The van der Waals surface area contributed by atoms with Gasteiger partial charge in [-0.1, -0.05) is 0 Å². The van der Waals surface area contributed by atoms with Crippen LogP contribution in [0.2, 0.25) is 0 Å². The van der Waals surface area contributed by atoms with Crippen molar-refractivity contribution >= 4 is 13.4 Å². The third kappa shape index (κ3) is 11.0. The van der Waals surface area contributed by atoms with Gasteiger partial charge >= 0.3 is 65.7 Å². The summed E-state index contributed by atoms with van der Waals surface area (Å²) in [6, 6.07) is 0. The maximum Gasteiger partial charge on any atom is 1.00 e. The third-order valence-electron chi connectivity index (χ3n) is 0.211. The first-order valence-corrected chi connectivity index (χ1v) is 3.96. The van der Waals surface area contributed by atoms with Crippen LogP contribution in [-0.4, -0.2) is 24.7 Å². The summed E-state index contributed by atoms with van der Waals surface area (Å²) >= 11 is -4.78. The zero-order valence-corrected chi connectivity index (χ0v) is 7.79. The standard InChI is InChI=1S/CH4O4Se.Na.H/c1-5-6(2,3)4;;/h1H3,(H,2,3,4);;/q;+1;-1. The van der Waals surface area contributed by atoms with E-state index >= 15 is 0 Å². The number of hydrogen-bond acceptors (Lipinski definition) is 3. The maximum atomic E-state index is 9.41. The van der Waals surface area contributed by atoms with Crippen LogP contribution in [0, 0.1) is 0 Å². The molecule has 4 nitrogen and oxygen atoms in total. The molecule has 0 aromatic carbocycles. The maximum absolute atomic E-state index is 9.41. The van der Waals surface area contributed by atoms with Gasteiger partial charge in [0.05, 0.1) is 0 Å². The van der Waals surface area contributed by atoms with E-state index in [-0.39, 0.29) is 31.0 Å². The Morgan fingerprint density at radius 3 is 1.86 bits per heavy atom. The van der Waals surface area contributed by atoms with E-state index in [1.807, 2.05) is 0 Å². The Morgan fingerprint density at radius 2 is 1.86 bits per heavy atom. The van der Waals surface area contributed by atoms with Crippen LogP contribution in [0.3, 0.4) is 0 Å². The van der Waals surface area contributed by atoms with Crippen molar-refractivity contribution in [1.29, 1.82) is 0 Å². The Hall–Kier alpha value is 1.04. The van der Waals surface area contributed by atoms with E-state index in [4.69, 9.17) is 4.19 Å². The van der Waals surface area contributed by atoms with Crippen molar-refractivity contribution in [2.75, 3.05) is 7.11 Å². The molecule has 0 aliphatic heterocycles. The molecule has 0 saturated carbocycles. The molecule has 0 amide bonds. The van der Waals surface area contributed by atoms with Gasteiger partial charge < -0.3 is 1.43 Å². The molecule has 0 aliphatic rings. The molecule has 0 atom stereocenters. The third-order valence-corrected chi connectivity index (χ3v) is 1.09. The molecule has 0 spiro atoms. The molecule has 0 unspecified atom stereocenters. The summed E-state index contributed by atoms with van der Waals surface area (Å²) < 4.78 is 30.0. The molecular weight excluding hydrogens is 178 g/mol. The minimum Gasteiger partial charge on any atom is -1.00 e. The summed E-state index contributed by atoms with van der Waals surface area (Å²) in [7, 11) is 0.903. The summed E-state index contributed by atoms with van der Waals surface area (Å²) in [4.78, 5) is 0. The molecule has 0 radical (unpaired) electrons. The molecule has 0 aromatic rings. The van der Waals surface area contributed by atoms with Gasteiger partial charge in [-0.15, -0.1) is 0 Å². The van der Waals surface area contributed by atoms with Gasteiger partial charge in [-0.05, 0) is 0 Å². The van der Waals surface area contributed by atoms with Gasteiger partial charge in [0.15, 0.2) is 0 Å². The average Bonchev–Trinajstić information content (AvgIpc) is 1.35. The van der Waals surface area contributed by atoms with Crippen LogP contribution in [0.15, 0.2) is 0 Å². The Morgan fingerprint density at radius 1 is 1.71 bits per heavy atom. The van der Waals surface area contributed by atoms with Gasteiger partial charge in [0.25, 0.3) is 0 Å². The first kappa shape index (κ1) is 10.9. The zero-order chi connectivity index (χ0) is 5.21. The molecule has 40 valence electrons. The van der Waals surface area contributed by atoms with Crippen LogP contribution in [0.4, 0.5) is 0 Å². The second-order valence-corrected chi connectivity index (χ2v) is 3.09. The molecule has 0 bridgehead atoms. The fraction of sp³-hybridized carbons (Fsp3) is 1.00. The number of hydrogen-bond donors (Lipinski definition) is 1. The van der Waals surface area contributed by atoms with Crippen molar-refractivity contribution in [3.8, 4) is 0 Å². The first-order valence-electron chi connectivity index (χ1n) is 1.09. The van der Waals surface area contributed by atoms with E-state index in [1.165, 1.54) is 0 Å². The molecule has 0 aromatic heterocycles. The van der Waals surface area contributed by atoms with Crippen LogP contribution in [0.1, 0.15) is 1.43 Å². The zero-order valence-electron chi connectivity index (χ0n) is 5.08. The fourth-order valence-corrected chi connectivity index (χ4v) is 0. The first-order chi connectivity index (χ1) is 2.56. The molecule has 0 aliphatic carbocycles. The SMILES string of the molecule is CO[Se](=O)(=O)O.[H-].[Na+]. The second-order valence-electron chi connectivity index (χ2n) is 0.594. The van der Waals surface area contributed by atoms with Gasteiger partial charge in [-0.3, -0.25) is 0 Å². The van der Waals surface area contributed by atoms with E-state index in [9.17, 15) is 7.67 Å². The predicted octanol–water partition coefficient (Wildman–Crippen LogP) is -3.96. The van der Waals surface area contributed by atoms with Crippen molar-refractivity contribution in [2.24, 2.45) is 0 Å². The normalized spacial score (nSPS) is 10.0. The van der Waals surface area contributed by atoms with Crippen molar-refractivity contribution in [1.82, 2.24) is 0 Å². The van der Waals surface area contributed by atoms with Gasteiger partial charge in [-0.2, -0.15) is 0 Å². The summed E-state index contributed by atoms with van der Waals surface area (Å²) in [6.07, 6.45) is 0. The van der Waals surface area contributed by atoms with E-state index < -0.39 is 13.4 Å². The molecule has 0 heterocycles. The molecule has 0 fully saturated rings. The van der Waals surface area contributed by atoms with Crippen molar-refractivity contribution in [3.63, 3.8) is 0 Å². The average molecular weight is 183 g/mol. The summed E-state index contributed by atoms with van der Waals surface area (Å²) in [5.74, 6) is 0. The minimum atomic E-state index is -4.78. The molecule has 7 heavy (non-hydrogen) atoms. The molecule has 0 saturated heterocycles. The topological polar surface area (TPSA) is 63.6 Å². The summed E-state index contributed by atoms with van der Waals surface area (Å²) in [5, 5.41) is 0. The monoisotopic (exact) mass is 184 g/mol. The molecular formula is CH5NaO4Se. The van der Waals surface area contributed by atoms with Crippen LogP contribution >= 0.6 is 0 Å². The smallest absolute Gasteiger partial charge is 1.00 e. The number of rotatable bonds is 1. The Labute approximate surface area is 66.9 Å². The van der Waals surface area contributed by atoms with E-state index in [0.717, 1.165) is 7.11 Å². The van der Waals surface area contributed by atoms with Crippen LogP contribution in [0.25, 0.3) is 0 Å². The van der Waals surface area contributed by atoms with Crippen molar-refractivity contribution < 1.29 is 46.7 Å². The molecule has 1 N–H and O–H groups in total.